The molecule has 0 aromatic carbocycles. The maximum absolute atomic E-state index is 10.3. The molecule has 0 aliphatic carbocycles. The maximum Gasteiger partial charge on any atom is 0.433 e. The number of rotatable bonds is 4. The van der Waals surface area contributed by atoms with Crippen molar-refractivity contribution in [1.82, 2.24) is 20.6 Å². The molecule has 0 amide bonds. The Kier molecular flexibility index (Phi) is 2.54. The van der Waals surface area contributed by atoms with Crippen LogP contribution >= 0.6 is 0 Å². The van der Waals surface area contributed by atoms with Crippen LogP contribution in [0.2, 0.25) is 0 Å². The van der Waals surface area contributed by atoms with Crippen LogP contribution in [0.15, 0.2) is 21.7 Å². The average molecular weight is 222 g/mol. The Morgan fingerprint density at radius 2 is 2.50 bits per heavy atom. The summed E-state index contributed by atoms with van der Waals surface area (Å²) < 4.78 is 4.79. The van der Waals surface area contributed by atoms with E-state index in [-0.39, 0.29) is 17.6 Å². The van der Waals surface area contributed by atoms with Crippen molar-refractivity contribution in [2.45, 2.75) is 0 Å². The molecule has 16 heavy (non-hydrogen) atoms. The molecule has 2 aromatic heterocycles. The maximum atomic E-state index is 10.3. The number of aromatic nitrogens is 4. The summed E-state index contributed by atoms with van der Waals surface area (Å²) in [7, 11) is 0. The highest BCUT2D eigenvalue weighted by atomic mass is 16.6. The SMILES string of the molecule is O=[N+]([O-])c1ccc(/C=N/[N-]c2nn[nH]n2)o1. The molecule has 2 aromatic rings. The summed E-state index contributed by atoms with van der Waals surface area (Å²) in [4.78, 5) is 9.64. The largest absolute Gasteiger partial charge is 0.433 e. The van der Waals surface area contributed by atoms with Crippen LogP contribution in [-0.2, 0) is 0 Å². The number of H-pyrrole nitrogens is 1. The predicted molar refractivity (Wildman–Crippen MR) is 50.2 cm³/mol. The van der Waals surface area contributed by atoms with Gasteiger partial charge in [0, 0.05) is 0 Å². The van der Waals surface area contributed by atoms with Gasteiger partial charge < -0.3 is 4.42 Å². The van der Waals surface area contributed by atoms with E-state index in [1.807, 2.05) is 0 Å². The molecule has 0 aliphatic heterocycles. The number of hydrogen-bond donors (Lipinski definition) is 1. The Labute approximate surface area is 87.5 Å². The first-order chi connectivity index (χ1) is 7.75. The summed E-state index contributed by atoms with van der Waals surface area (Å²) in [6.07, 6.45) is 1.20. The van der Waals surface area contributed by atoms with Crippen molar-refractivity contribution in [2.24, 2.45) is 5.10 Å². The van der Waals surface area contributed by atoms with Gasteiger partial charge in [0.05, 0.1) is 18.2 Å². The van der Waals surface area contributed by atoms with Gasteiger partial charge in [0.25, 0.3) is 0 Å². The minimum Gasteiger partial charge on any atom is -0.400 e. The zero-order chi connectivity index (χ0) is 11.4. The lowest BCUT2D eigenvalue weighted by molar-refractivity contribution is -0.402. The molecule has 0 fully saturated rings. The standard InChI is InChI=1S/C6H4N7O3/c14-13(15)5-2-1-4(16-5)3-7-8-6-9-11-12-10-6/h1-3H,(H-,8,9,10,11,12)/q-1/b7-3+. The van der Waals surface area contributed by atoms with Gasteiger partial charge in [-0.2, -0.15) is 0 Å². The van der Waals surface area contributed by atoms with Crippen LogP contribution in [-0.4, -0.2) is 31.8 Å². The van der Waals surface area contributed by atoms with E-state index in [2.05, 4.69) is 31.2 Å². The van der Waals surface area contributed by atoms with Crippen molar-refractivity contribution >= 4 is 18.0 Å². The van der Waals surface area contributed by atoms with Gasteiger partial charge in [0.1, 0.15) is 4.92 Å². The minimum absolute atomic E-state index is 0.0531. The molecule has 2 heterocycles. The molecule has 0 unspecified atom stereocenters. The molecular weight excluding hydrogens is 218 g/mol. The highest BCUT2D eigenvalue weighted by molar-refractivity contribution is 5.77. The summed E-state index contributed by atoms with van der Waals surface area (Å²) >= 11 is 0. The van der Waals surface area contributed by atoms with Crippen molar-refractivity contribution < 1.29 is 9.34 Å². The molecular formula is C6H4N7O3-. The van der Waals surface area contributed by atoms with Gasteiger partial charge in [0.15, 0.2) is 5.76 Å². The zero-order valence-electron chi connectivity index (χ0n) is 7.64. The zero-order valence-corrected chi connectivity index (χ0v) is 7.64. The fraction of sp³-hybridized carbons (Fsp3) is 0. The number of furan rings is 1. The van der Waals surface area contributed by atoms with Crippen LogP contribution < -0.4 is 0 Å². The van der Waals surface area contributed by atoms with E-state index in [0.29, 0.717) is 0 Å². The monoisotopic (exact) mass is 222 g/mol. The first-order valence-corrected chi connectivity index (χ1v) is 3.97. The first kappa shape index (κ1) is 9.76. The van der Waals surface area contributed by atoms with E-state index in [4.69, 9.17) is 4.42 Å². The lowest BCUT2D eigenvalue weighted by Gasteiger charge is -1.95. The van der Waals surface area contributed by atoms with E-state index in [1.54, 1.807) is 0 Å². The van der Waals surface area contributed by atoms with E-state index >= 15 is 0 Å². The van der Waals surface area contributed by atoms with Gasteiger partial charge in [0.2, 0.25) is 0 Å². The number of nitrogens with one attached hydrogen (secondary N) is 1. The second kappa shape index (κ2) is 4.16. The van der Waals surface area contributed by atoms with Crippen molar-refractivity contribution in [3.8, 4) is 0 Å². The third-order valence-electron chi connectivity index (χ3n) is 1.46. The van der Waals surface area contributed by atoms with Gasteiger partial charge in [-0.15, -0.1) is 5.21 Å². The van der Waals surface area contributed by atoms with Crippen LogP contribution in [0, 0.1) is 10.1 Å². The third kappa shape index (κ3) is 2.17. The molecule has 0 atom stereocenters. The molecule has 0 spiro atoms. The Bertz CT molecular complexity index is 502. The molecule has 2 rings (SSSR count). The third-order valence-corrected chi connectivity index (χ3v) is 1.46. The van der Waals surface area contributed by atoms with Crippen LogP contribution in [0.4, 0.5) is 11.8 Å². The number of nitrogens with zero attached hydrogens (tertiary/aromatic N) is 6. The Hall–Kier alpha value is -2.78. The smallest absolute Gasteiger partial charge is 0.400 e. The number of hydrogen-bond acceptors (Lipinski definition) is 7. The summed E-state index contributed by atoms with van der Waals surface area (Å²) in [6.45, 7) is 0. The fourth-order valence-corrected chi connectivity index (χ4v) is 0.846. The Morgan fingerprint density at radius 3 is 3.12 bits per heavy atom. The van der Waals surface area contributed by atoms with E-state index in [9.17, 15) is 10.1 Å². The number of tetrazole rings is 1. The highest BCUT2D eigenvalue weighted by Gasteiger charge is 2.09. The second-order valence-electron chi connectivity index (χ2n) is 2.49. The predicted octanol–water partition coefficient (Wildman–Crippen LogP) is 0.740. The molecule has 0 saturated carbocycles. The molecule has 10 heteroatoms. The summed E-state index contributed by atoms with van der Waals surface area (Å²) in [5.41, 5.74) is 3.54. The molecule has 0 bridgehead atoms. The Balaban J connectivity index is 1.98. The Morgan fingerprint density at radius 1 is 1.62 bits per heavy atom. The fourth-order valence-electron chi connectivity index (χ4n) is 0.846. The summed E-state index contributed by atoms with van der Waals surface area (Å²) in [6, 6.07) is 2.61. The normalized spacial score (nSPS) is 10.8. The van der Waals surface area contributed by atoms with Crippen molar-refractivity contribution in [3.05, 3.63) is 33.4 Å². The van der Waals surface area contributed by atoms with Gasteiger partial charge in [-0.25, -0.2) is 5.10 Å². The molecule has 0 aliphatic rings. The van der Waals surface area contributed by atoms with Gasteiger partial charge >= 0.3 is 5.88 Å². The van der Waals surface area contributed by atoms with Crippen LogP contribution in [0.5, 0.6) is 0 Å². The van der Waals surface area contributed by atoms with Gasteiger partial charge in [-0.1, -0.05) is 0 Å². The second-order valence-corrected chi connectivity index (χ2v) is 2.49. The molecule has 10 nitrogen and oxygen atoms in total. The van der Waals surface area contributed by atoms with Crippen LogP contribution in [0.1, 0.15) is 5.76 Å². The van der Waals surface area contributed by atoms with Gasteiger partial charge in [-0.3, -0.25) is 31.0 Å². The number of nitro groups is 1. The average Bonchev–Trinajstić information content (AvgIpc) is 2.87. The van der Waals surface area contributed by atoms with Crippen molar-refractivity contribution in [2.75, 3.05) is 0 Å². The molecule has 0 radical (unpaired) electrons. The lowest BCUT2D eigenvalue weighted by atomic mass is 10.5. The molecule has 1 N–H and O–H groups in total. The van der Waals surface area contributed by atoms with Crippen molar-refractivity contribution in [1.29, 1.82) is 0 Å². The van der Waals surface area contributed by atoms with E-state index < -0.39 is 4.92 Å². The van der Waals surface area contributed by atoms with Gasteiger partial charge in [-0.05, 0) is 6.07 Å². The number of aromatic amines is 1. The van der Waals surface area contributed by atoms with Crippen molar-refractivity contribution in [3.63, 3.8) is 0 Å². The topological polar surface area (TPSA) is 137 Å². The van der Waals surface area contributed by atoms with E-state index in [1.165, 1.54) is 18.3 Å². The first-order valence-electron chi connectivity index (χ1n) is 3.97. The van der Waals surface area contributed by atoms with E-state index in [0.717, 1.165) is 0 Å². The van der Waals surface area contributed by atoms with Crippen LogP contribution in [0.25, 0.3) is 5.43 Å². The summed E-state index contributed by atoms with van der Waals surface area (Å²) in [5.74, 6) is -0.0998. The summed E-state index contributed by atoms with van der Waals surface area (Å²) in [5, 5.41) is 26.3. The van der Waals surface area contributed by atoms with Crippen LogP contribution in [0.3, 0.4) is 0 Å². The molecule has 82 valence electrons. The minimum atomic E-state index is -0.645. The quantitative estimate of drug-likeness (QED) is 0.460. The molecule has 0 saturated heterocycles. The lowest BCUT2D eigenvalue weighted by Crippen LogP contribution is -1.83. The highest BCUT2D eigenvalue weighted by Crippen LogP contribution is 2.14.